The molecule has 6 aromatic carbocycles. The summed E-state index contributed by atoms with van der Waals surface area (Å²) in [4.78, 5) is 0. The molecule has 0 radical (unpaired) electrons. The summed E-state index contributed by atoms with van der Waals surface area (Å²) in [5.41, 5.74) is 6.77. The van der Waals surface area contributed by atoms with Crippen LogP contribution < -0.4 is 16.0 Å². The molecule has 0 amide bonds. The van der Waals surface area contributed by atoms with Crippen molar-refractivity contribution in [2.45, 2.75) is 28.6 Å². The fraction of sp³-hybridized carbons (Fsp3) is 0.122. The van der Waals surface area contributed by atoms with Crippen molar-refractivity contribution in [3.63, 3.8) is 0 Å². The number of alkyl halides is 3. The number of halogens is 3. The van der Waals surface area contributed by atoms with Crippen LogP contribution in [-0.4, -0.2) is 0 Å². The number of nitrogens with one attached hydrogen (secondary N) is 3. The van der Waals surface area contributed by atoms with E-state index in [1.807, 2.05) is 115 Å². The third-order valence-electron chi connectivity index (χ3n) is 8.17. The highest BCUT2D eigenvalue weighted by Crippen LogP contribution is 2.38. The van der Waals surface area contributed by atoms with Crippen molar-refractivity contribution >= 4 is 40.5 Å². The van der Waals surface area contributed by atoms with Crippen LogP contribution in [0.4, 0.5) is 5.69 Å². The maximum absolute atomic E-state index is 7.10. The van der Waals surface area contributed by atoms with Crippen LogP contribution in [0.5, 0.6) is 0 Å². The Balaban J connectivity index is 1.46. The van der Waals surface area contributed by atoms with Gasteiger partial charge in [-0.1, -0.05) is 169 Å². The molecule has 236 valence electrons. The molecule has 0 spiro atoms. The molecule has 0 saturated carbocycles. The molecule has 3 N–H and O–H groups in total. The summed E-state index contributed by atoms with van der Waals surface area (Å²) < 4.78 is 0. The van der Waals surface area contributed by atoms with E-state index in [1.165, 1.54) is 0 Å². The average molecular weight is 677 g/mol. The van der Waals surface area contributed by atoms with Gasteiger partial charge < -0.3 is 5.32 Å². The molecule has 5 atom stereocenters. The van der Waals surface area contributed by atoms with Crippen LogP contribution in [0.2, 0.25) is 0 Å². The van der Waals surface area contributed by atoms with E-state index in [2.05, 4.69) is 70.5 Å². The minimum Gasteiger partial charge on any atom is -0.365 e. The lowest BCUT2D eigenvalue weighted by atomic mass is 9.91. The lowest BCUT2D eigenvalue weighted by Gasteiger charge is -2.29. The van der Waals surface area contributed by atoms with Crippen LogP contribution in [-0.2, 0) is 0 Å². The third kappa shape index (κ3) is 8.44. The number of benzene rings is 6. The Morgan fingerprint density at radius 2 is 0.702 bits per heavy atom. The maximum atomic E-state index is 7.10. The van der Waals surface area contributed by atoms with Crippen LogP contribution in [0.15, 0.2) is 170 Å². The number of anilines is 1. The highest BCUT2D eigenvalue weighted by atomic mass is 35.5. The van der Waals surface area contributed by atoms with Crippen molar-refractivity contribution in [2.24, 2.45) is 0 Å². The molecule has 0 saturated heterocycles. The molecule has 0 aliphatic carbocycles. The molecule has 0 aliphatic rings. The van der Waals surface area contributed by atoms with Gasteiger partial charge in [0, 0.05) is 5.69 Å². The van der Waals surface area contributed by atoms with Gasteiger partial charge in [-0.15, -0.1) is 23.2 Å². The van der Waals surface area contributed by atoms with E-state index in [9.17, 15) is 0 Å². The Bertz CT molecular complexity index is 1810. The first kappa shape index (κ1) is 32.8. The van der Waals surface area contributed by atoms with Crippen LogP contribution >= 0.6 is 34.8 Å². The normalized spacial score (nSPS) is 14.4. The van der Waals surface area contributed by atoms with Gasteiger partial charge >= 0.3 is 0 Å². The quantitative estimate of drug-likeness (QED) is 0.0841. The van der Waals surface area contributed by atoms with E-state index < -0.39 is 16.5 Å². The highest BCUT2D eigenvalue weighted by molar-refractivity contribution is 6.22. The van der Waals surface area contributed by atoms with E-state index in [0.717, 1.165) is 44.6 Å². The zero-order chi connectivity index (χ0) is 32.4. The van der Waals surface area contributed by atoms with Crippen LogP contribution in [0.1, 0.15) is 67.5 Å². The minimum atomic E-state index is -0.452. The molecule has 0 fully saturated rings. The smallest absolute Gasteiger partial charge is 0.127 e. The predicted octanol–water partition coefficient (Wildman–Crippen LogP) is 11.3. The topological polar surface area (TPSA) is 36.1 Å². The van der Waals surface area contributed by atoms with Gasteiger partial charge in [0.2, 0.25) is 0 Å². The molecular formula is C41H36Cl3N3. The van der Waals surface area contributed by atoms with E-state index in [0.29, 0.717) is 0 Å². The first-order chi connectivity index (χ1) is 23.1. The highest BCUT2D eigenvalue weighted by Gasteiger charge is 2.26. The van der Waals surface area contributed by atoms with Gasteiger partial charge in [0.1, 0.15) is 16.5 Å². The van der Waals surface area contributed by atoms with Gasteiger partial charge in [-0.05, 0) is 51.1 Å². The zero-order valence-electron chi connectivity index (χ0n) is 25.7. The van der Waals surface area contributed by atoms with Crippen molar-refractivity contribution in [1.82, 2.24) is 10.6 Å². The van der Waals surface area contributed by atoms with Crippen molar-refractivity contribution in [2.75, 3.05) is 5.32 Å². The largest absolute Gasteiger partial charge is 0.365 e. The molecular weight excluding hydrogens is 641 g/mol. The second-order valence-electron chi connectivity index (χ2n) is 11.3. The Morgan fingerprint density at radius 1 is 0.340 bits per heavy atom. The second-order valence-corrected chi connectivity index (χ2v) is 12.6. The van der Waals surface area contributed by atoms with Crippen molar-refractivity contribution in [1.29, 1.82) is 0 Å². The summed E-state index contributed by atoms with van der Waals surface area (Å²) in [7, 11) is 0. The van der Waals surface area contributed by atoms with Gasteiger partial charge in [0.15, 0.2) is 0 Å². The summed E-state index contributed by atoms with van der Waals surface area (Å²) >= 11 is 21.1. The molecule has 3 nitrogen and oxygen atoms in total. The Hall–Kier alpha value is -4.09. The van der Waals surface area contributed by atoms with Crippen LogP contribution in [0.25, 0.3) is 0 Å². The number of hydrogen-bond donors (Lipinski definition) is 3. The third-order valence-corrected chi connectivity index (χ3v) is 9.29. The van der Waals surface area contributed by atoms with E-state index >= 15 is 0 Å². The molecule has 0 heterocycles. The first-order valence-electron chi connectivity index (χ1n) is 15.7. The van der Waals surface area contributed by atoms with Gasteiger partial charge in [0.05, 0.1) is 12.1 Å². The summed E-state index contributed by atoms with van der Waals surface area (Å²) in [6, 6.07) is 56.9. The molecule has 47 heavy (non-hydrogen) atoms. The summed E-state index contributed by atoms with van der Waals surface area (Å²) in [5, 5.41) is 11.0. The fourth-order valence-electron chi connectivity index (χ4n) is 5.74. The molecule has 0 aliphatic heterocycles. The van der Waals surface area contributed by atoms with Gasteiger partial charge in [-0.2, -0.15) is 0 Å². The lowest BCUT2D eigenvalue weighted by molar-refractivity contribution is 0.576. The Kier molecular flexibility index (Phi) is 11.3. The zero-order valence-corrected chi connectivity index (χ0v) is 28.0. The lowest BCUT2D eigenvalue weighted by Crippen LogP contribution is -2.27. The Labute approximate surface area is 292 Å². The minimum absolute atomic E-state index is 0.204. The molecule has 0 bridgehead atoms. The molecule has 6 heteroatoms. The SMILES string of the molecule is ClC(Nc1ccc(C(NC(Cl)c2ccccc2)c2ccccc2)cc1C(NC(Cl)c1ccccc1)c1ccccc1)c1ccccc1. The van der Waals surface area contributed by atoms with Gasteiger partial charge in [-0.25, -0.2) is 0 Å². The first-order valence-corrected chi connectivity index (χ1v) is 17.0. The van der Waals surface area contributed by atoms with Gasteiger partial charge in [0.25, 0.3) is 0 Å². The fourth-order valence-corrected chi connectivity index (χ4v) is 6.55. The summed E-state index contributed by atoms with van der Waals surface area (Å²) in [6.45, 7) is 0. The second kappa shape index (κ2) is 16.1. The predicted molar refractivity (Wildman–Crippen MR) is 198 cm³/mol. The van der Waals surface area contributed by atoms with E-state index in [-0.39, 0.29) is 12.1 Å². The standard InChI is InChI=1S/C41H36Cl3N3/c42-39(31-20-10-3-11-21-31)45-36-27-26-34(37(29-16-6-1-7-17-29)46-40(43)32-22-12-4-13-23-32)28-35(36)38(30-18-8-2-9-19-30)47-41(44)33-24-14-5-15-25-33/h1-28,37-41,45-47H. The van der Waals surface area contributed by atoms with Crippen LogP contribution in [0, 0.1) is 0 Å². The molecule has 0 aromatic heterocycles. The van der Waals surface area contributed by atoms with E-state index in [1.54, 1.807) is 0 Å². The van der Waals surface area contributed by atoms with Crippen molar-refractivity contribution < 1.29 is 0 Å². The number of hydrogen-bond acceptors (Lipinski definition) is 3. The molecule has 5 unspecified atom stereocenters. The molecule has 6 aromatic rings. The average Bonchev–Trinajstić information content (AvgIpc) is 3.14. The monoisotopic (exact) mass is 675 g/mol. The maximum Gasteiger partial charge on any atom is 0.127 e. The van der Waals surface area contributed by atoms with Crippen molar-refractivity contribution in [3.05, 3.63) is 209 Å². The van der Waals surface area contributed by atoms with E-state index in [4.69, 9.17) is 34.8 Å². The summed E-state index contributed by atoms with van der Waals surface area (Å²) in [6.07, 6.45) is 0. The van der Waals surface area contributed by atoms with Crippen LogP contribution in [0.3, 0.4) is 0 Å². The summed E-state index contributed by atoms with van der Waals surface area (Å²) in [5.74, 6) is 0. The number of rotatable bonds is 13. The van der Waals surface area contributed by atoms with Gasteiger partial charge in [-0.3, -0.25) is 10.6 Å². The van der Waals surface area contributed by atoms with Crippen molar-refractivity contribution in [3.8, 4) is 0 Å². The molecule has 6 rings (SSSR count). The Morgan fingerprint density at radius 3 is 1.15 bits per heavy atom.